The number of amides is 1. The average Bonchev–Trinajstić information content (AvgIpc) is 3.12. The molecular weight excluding hydrogens is 499 g/mol. The molecule has 0 saturated carbocycles. The zero-order chi connectivity index (χ0) is 25.3. The Morgan fingerprint density at radius 3 is 2.60 bits per heavy atom. The first-order chi connectivity index (χ1) is 16.7. The zero-order valence-electron chi connectivity index (χ0n) is 19.5. The number of benzene rings is 1. The lowest BCUT2D eigenvalue weighted by atomic mass is 9.90. The van der Waals surface area contributed by atoms with Gasteiger partial charge < -0.3 is 35.4 Å². The molecule has 0 radical (unpaired) electrons. The molecule has 0 spiro atoms. The third-order valence-corrected chi connectivity index (χ3v) is 8.11. The number of aliphatic hydroxyl groups is 3. The number of aliphatic hydroxyl groups excluding tert-OH is 3. The molecule has 194 valence electrons. The topological polar surface area (TPSA) is 120 Å². The van der Waals surface area contributed by atoms with Crippen molar-refractivity contribution in [2.24, 2.45) is 5.92 Å². The van der Waals surface area contributed by atoms with Crippen molar-refractivity contribution in [2.75, 3.05) is 19.4 Å². The first kappa shape index (κ1) is 26.8. The fraction of sp³-hybridized carbons (Fsp3) is 0.625. The number of rotatable bonds is 6. The molecule has 10 atom stereocenters. The zero-order valence-corrected chi connectivity index (χ0v) is 21.1. The SMILES string of the molecule is CSC1O[C@H]([C@H](NC(=O)[C@H]2NC[C@@H]3CC(c4ccc(F)cc4)=CCO[C@H]32)[C@H](C)Cl)C(O)[C@@H](O)[C@H]1O. The van der Waals surface area contributed by atoms with Crippen LogP contribution in [0.5, 0.6) is 0 Å². The van der Waals surface area contributed by atoms with Crippen molar-refractivity contribution >= 4 is 34.8 Å². The summed E-state index contributed by atoms with van der Waals surface area (Å²) < 4.78 is 25.2. The van der Waals surface area contributed by atoms with E-state index in [9.17, 15) is 24.5 Å². The fourth-order valence-electron chi connectivity index (χ4n) is 5.05. The predicted molar refractivity (Wildman–Crippen MR) is 131 cm³/mol. The van der Waals surface area contributed by atoms with Crippen molar-refractivity contribution in [3.63, 3.8) is 0 Å². The summed E-state index contributed by atoms with van der Waals surface area (Å²) in [5.41, 5.74) is 1.19. The van der Waals surface area contributed by atoms with Crippen molar-refractivity contribution in [1.29, 1.82) is 0 Å². The Morgan fingerprint density at radius 1 is 1.23 bits per heavy atom. The van der Waals surface area contributed by atoms with Gasteiger partial charge in [0.15, 0.2) is 0 Å². The van der Waals surface area contributed by atoms with E-state index in [1.165, 1.54) is 23.9 Å². The molecular formula is C24H32ClFN2O6S. The highest BCUT2D eigenvalue weighted by Gasteiger charge is 2.49. The maximum Gasteiger partial charge on any atom is 0.240 e. The second-order valence-electron chi connectivity index (χ2n) is 9.27. The van der Waals surface area contributed by atoms with Crippen LogP contribution < -0.4 is 10.6 Å². The summed E-state index contributed by atoms with van der Waals surface area (Å²) >= 11 is 7.58. The number of hydrogen-bond donors (Lipinski definition) is 5. The Bertz CT molecular complexity index is 920. The van der Waals surface area contributed by atoms with Gasteiger partial charge in [-0.15, -0.1) is 23.4 Å². The average molecular weight is 531 g/mol. The molecule has 0 bridgehead atoms. The van der Waals surface area contributed by atoms with Gasteiger partial charge in [0.2, 0.25) is 5.91 Å². The van der Waals surface area contributed by atoms with Gasteiger partial charge in [-0.05, 0) is 42.9 Å². The van der Waals surface area contributed by atoms with Crippen LogP contribution in [0.15, 0.2) is 30.3 Å². The normalized spacial score (nSPS) is 37.1. The molecule has 3 aliphatic heterocycles. The van der Waals surface area contributed by atoms with Gasteiger partial charge in [-0.3, -0.25) is 4.79 Å². The molecule has 1 amide bonds. The van der Waals surface area contributed by atoms with Gasteiger partial charge in [-0.2, -0.15) is 0 Å². The van der Waals surface area contributed by atoms with Crippen molar-refractivity contribution in [1.82, 2.24) is 10.6 Å². The van der Waals surface area contributed by atoms with E-state index in [0.29, 0.717) is 19.6 Å². The largest absolute Gasteiger partial charge is 0.388 e. The van der Waals surface area contributed by atoms with Crippen molar-refractivity contribution in [2.45, 2.75) is 66.8 Å². The summed E-state index contributed by atoms with van der Waals surface area (Å²) in [6.45, 7) is 2.54. The number of thioether (sulfide) groups is 1. The molecule has 0 aromatic heterocycles. The number of nitrogens with one attached hydrogen (secondary N) is 2. The molecule has 1 aromatic carbocycles. The molecule has 2 saturated heterocycles. The van der Waals surface area contributed by atoms with Crippen LogP contribution in [0.4, 0.5) is 4.39 Å². The second-order valence-corrected chi connectivity index (χ2v) is 10.9. The number of hydrogen-bond acceptors (Lipinski definition) is 8. The van der Waals surface area contributed by atoms with Crippen LogP contribution in [-0.2, 0) is 14.3 Å². The van der Waals surface area contributed by atoms with Crippen molar-refractivity contribution in [3.05, 3.63) is 41.7 Å². The Morgan fingerprint density at radius 2 is 1.94 bits per heavy atom. The Balaban J connectivity index is 1.44. The molecule has 4 rings (SSSR count). The quantitative estimate of drug-likeness (QED) is 0.344. The summed E-state index contributed by atoms with van der Waals surface area (Å²) in [5, 5.41) is 36.5. The number of ether oxygens (including phenoxy) is 2. The molecule has 1 aromatic rings. The van der Waals surface area contributed by atoms with Gasteiger partial charge >= 0.3 is 0 Å². The minimum absolute atomic E-state index is 0.0331. The van der Waals surface area contributed by atoms with E-state index < -0.39 is 47.3 Å². The van der Waals surface area contributed by atoms with Crippen LogP contribution in [0.25, 0.3) is 5.57 Å². The summed E-state index contributed by atoms with van der Waals surface area (Å²) in [5.74, 6) is -0.611. The summed E-state index contributed by atoms with van der Waals surface area (Å²) in [7, 11) is 0. The van der Waals surface area contributed by atoms with Crippen LogP contribution in [0.3, 0.4) is 0 Å². The number of carbonyl (C=O) groups is 1. The number of fused-ring (bicyclic) bond motifs is 1. The van der Waals surface area contributed by atoms with Crippen LogP contribution in [0, 0.1) is 11.7 Å². The van der Waals surface area contributed by atoms with Crippen molar-refractivity contribution in [3.8, 4) is 0 Å². The molecule has 0 aliphatic carbocycles. The Hall–Kier alpha value is -1.24. The van der Waals surface area contributed by atoms with Gasteiger partial charge in [0.1, 0.15) is 41.7 Å². The van der Waals surface area contributed by atoms with Gasteiger partial charge in [-0.25, -0.2) is 4.39 Å². The highest BCUT2D eigenvalue weighted by atomic mass is 35.5. The fourth-order valence-corrected chi connectivity index (χ4v) is 5.93. The van der Waals surface area contributed by atoms with Gasteiger partial charge in [-0.1, -0.05) is 18.2 Å². The summed E-state index contributed by atoms with van der Waals surface area (Å²) in [4.78, 5) is 13.3. The smallest absolute Gasteiger partial charge is 0.240 e. The van der Waals surface area contributed by atoms with Crippen LogP contribution in [0.2, 0.25) is 0 Å². The third kappa shape index (κ3) is 5.70. The van der Waals surface area contributed by atoms with Crippen molar-refractivity contribution < 1.29 is 34.0 Å². The Labute approximate surface area is 213 Å². The van der Waals surface area contributed by atoms with E-state index in [0.717, 1.165) is 11.1 Å². The lowest BCUT2D eigenvalue weighted by molar-refractivity contribution is -0.205. The van der Waals surface area contributed by atoms with E-state index in [1.54, 1.807) is 25.3 Å². The van der Waals surface area contributed by atoms with Gasteiger partial charge in [0.05, 0.1) is 24.1 Å². The van der Waals surface area contributed by atoms with Gasteiger partial charge in [0.25, 0.3) is 0 Å². The van der Waals surface area contributed by atoms with Crippen LogP contribution in [-0.4, -0.2) is 94.1 Å². The highest BCUT2D eigenvalue weighted by molar-refractivity contribution is 7.99. The number of halogens is 2. The maximum absolute atomic E-state index is 13.3. The second kappa shape index (κ2) is 11.4. The lowest BCUT2D eigenvalue weighted by Crippen LogP contribution is -2.65. The summed E-state index contributed by atoms with van der Waals surface area (Å²) in [6.07, 6.45) is -1.18. The standard InChI is InChI=1S/C24H32ClFN2O6S/c1-11(25)16(22-19(30)18(29)20(31)24(34-22)35-2)28-23(32)17-21-14(10-27-17)9-13(7-8-33-21)12-3-5-15(26)6-4-12/h3-7,11,14,16-22,24,27,29-31H,8-10H2,1-2H3,(H,28,32)/t11-,14-,16+,17-,18+,19?,20+,21+,22+,24?/m0/s1. The molecule has 8 nitrogen and oxygen atoms in total. The van der Waals surface area contributed by atoms with Crippen LogP contribution in [0.1, 0.15) is 18.9 Å². The first-order valence-corrected chi connectivity index (χ1v) is 13.4. The number of allylic oxidation sites excluding steroid dienone is 1. The predicted octanol–water partition coefficient (Wildman–Crippen LogP) is 0.869. The monoisotopic (exact) mass is 530 g/mol. The highest BCUT2D eigenvalue weighted by Crippen LogP contribution is 2.34. The number of alkyl halides is 1. The summed E-state index contributed by atoms with van der Waals surface area (Å²) in [6, 6.07) is 4.86. The van der Waals surface area contributed by atoms with Crippen LogP contribution >= 0.6 is 23.4 Å². The lowest BCUT2D eigenvalue weighted by Gasteiger charge is -2.44. The molecule has 5 N–H and O–H groups in total. The molecule has 35 heavy (non-hydrogen) atoms. The molecule has 2 fully saturated rings. The Kier molecular flexibility index (Phi) is 8.76. The van der Waals surface area contributed by atoms with Gasteiger partial charge in [0, 0.05) is 12.5 Å². The van der Waals surface area contributed by atoms with E-state index in [4.69, 9.17) is 21.1 Å². The first-order valence-electron chi connectivity index (χ1n) is 11.7. The molecule has 11 heteroatoms. The molecule has 3 aliphatic rings. The maximum atomic E-state index is 13.3. The molecule has 2 unspecified atom stereocenters. The minimum atomic E-state index is -1.43. The van der Waals surface area contributed by atoms with E-state index in [2.05, 4.69) is 10.6 Å². The molecule has 3 heterocycles. The third-order valence-electron chi connectivity index (χ3n) is 6.99. The minimum Gasteiger partial charge on any atom is -0.388 e. The van der Waals surface area contributed by atoms with E-state index in [1.807, 2.05) is 6.08 Å². The van der Waals surface area contributed by atoms with E-state index >= 15 is 0 Å². The van der Waals surface area contributed by atoms with E-state index in [-0.39, 0.29) is 23.7 Å². The number of carbonyl (C=O) groups excluding carboxylic acids is 1.